The van der Waals surface area contributed by atoms with E-state index in [1.807, 2.05) is 43.3 Å². The Bertz CT molecular complexity index is 1580. The molecule has 48 heavy (non-hydrogen) atoms. The smallest absolute Gasteiger partial charge is 0.408 e. The van der Waals surface area contributed by atoms with Crippen molar-refractivity contribution in [2.24, 2.45) is 0 Å². The van der Waals surface area contributed by atoms with E-state index < -0.39 is 50.7 Å². The minimum absolute atomic E-state index is 0.0520. The second-order valence-corrected chi connectivity index (χ2v) is 15.7. The molecular weight excluding hydrogens is 632 g/mol. The van der Waals surface area contributed by atoms with E-state index in [0.717, 1.165) is 24.8 Å². The maximum Gasteiger partial charge on any atom is 0.408 e. The first kappa shape index (κ1) is 37.1. The van der Waals surface area contributed by atoms with Gasteiger partial charge < -0.3 is 25.0 Å². The molecular formula is C36H50N4O7S. The molecule has 3 N–H and O–H groups in total. The van der Waals surface area contributed by atoms with Gasteiger partial charge in [-0.15, -0.1) is 0 Å². The lowest BCUT2D eigenvalue weighted by Crippen LogP contribution is -2.61. The molecule has 1 heterocycles. The Labute approximate surface area is 284 Å². The molecule has 3 amide bonds. The summed E-state index contributed by atoms with van der Waals surface area (Å²) in [5, 5.41) is 5.40. The number of nitrogens with zero attached hydrogens (tertiary/aromatic N) is 1. The number of amides is 3. The summed E-state index contributed by atoms with van der Waals surface area (Å²) < 4.78 is 41.8. The molecule has 11 nitrogen and oxygen atoms in total. The minimum Gasteiger partial charge on any atom is -0.444 e. The van der Waals surface area contributed by atoms with E-state index in [0.29, 0.717) is 24.0 Å². The number of hydrogen-bond acceptors (Lipinski definition) is 7. The van der Waals surface area contributed by atoms with Crippen LogP contribution in [0.1, 0.15) is 84.8 Å². The molecule has 1 aliphatic carbocycles. The summed E-state index contributed by atoms with van der Waals surface area (Å²) in [5.41, 5.74) is -0.877. The van der Waals surface area contributed by atoms with Crippen molar-refractivity contribution in [3.63, 3.8) is 0 Å². The van der Waals surface area contributed by atoms with Gasteiger partial charge in [0.05, 0.1) is 23.7 Å². The van der Waals surface area contributed by atoms with Gasteiger partial charge in [0.1, 0.15) is 17.2 Å². The molecule has 0 unspecified atom stereocenters. The van der Waals surface area contributed by atoms with Gasteiger partial charge in [-0.25, -0.2) is 17.9 Å². The summed E-state index contributed by atoms with van der Waals surface area (Å²) >= 11 is 0. The van der Waals surface area contributed by atoms with Crippen LogP contribution >= 0.6 is 0 Å². The van der Waals surface area contributed by atoms with Gasteiger partial charge in [0.25, 0.3) is 0 Å². The molecule has 4 rings (SSSR count). The highest BCUT2D eigenvalue weighted by molar-refractivity contribution is 7.99. The molecule has 262 valence electrons. The highest BCUT2D eigenvalue weighted by Gasteiger charge is 2.50. The van der Waals surface area contributed by atoms with Crippen LogP contribution in [0.15, 0.2) is 66.2 Å². The molecule has 2 aromatic rings. The van der Waals surface area contributed by atoms with Crippen molar-refractivity contribution >= 4 is 32.8 Å². The van der Waals surface area contributed by atoms with Crippen molar-refractivity contribution in [3.05, 3.63) is 77.4 Å². The van der Waals surface area contributed by atoms with E-state index in [4.69, 9.17) is 9.47 Å². The van der Waals surface area contributed by atoms with Crippen LogP contribution in [-0.2, 0) is 35.7 Å². The van der Waals surface area contributed by atoms with Gasteiger partial charge in [0, 0.05) is 13.1 Å². The Morgan fingerprint density at radius 2 is 1.54 bits per heavy atom. The number of carbonyl (C=O) groups is 3. The summed E-state index contributed by atoms with van der Waals surface area (Å²) in [6.07, 6.45) is 3.23. The van der Waals surface area contributed by atoms with Crippen molar-refractivity contribution in [1.82, 2.24) is 20.3 Å². The number of alkyl carbamates (subject to hydrolysis) is 1. The topological polar surface area (TPSA) is 143 Å². The third kappa shape index (κ3) is 9.24. The number of ether oxygens (including phenoxy) is 2. The Kier molecular flexibility index (Phi) is 11.8. The van der Waals surface area contributed by atoms with Crippen LogP contribution in [0.2, 0.25) is 0 Å². The normalized spacial score (nSPS) is 17.9. The summed E-state index contributed by atoms with van der Waals surface area (Å²) in [7, 11) is -3.86. The molecule has 2 aromatic carbocycles. The van der Waals surface area contributed by atoms with Crippen molar-refractivity contribution in [1.29, 1.82) is 0 Å². The third-order valence-electron chi connectivity index (χ3n) is 8.62. The van der Waals surface area contributed by atoms with Crippen molar-refractivity contribution < 1.29 is 32.3 Å². The maximum atomic E-state index is 14.4. The number of likely N-dealkylation sites (N-methyl/N-ethyl adjacent to an activating group) is 1. The van der Waals surface area contributed by atoms with Crippen molar-refractivity contribution in [2.75, 3.05) is 19.7 Å². The molecule has 1 fully saturated rings. The van der Waals surface area contributed by atoms with E-state index in [1.54, 1.807) is 49.9 Å². The first-order chi connectivity index (χ1) is 22.6. The first-order valence-electron chi connectivity index (χ1n) is 16.6. The predicted molar refractivity (Wildman–Crippen MR) is 185 cm³/mol. The van der Waals surface area contributed by atoms with E-state index in [2.05, 4.69) is 15.4 Å². The van der Waals surface area contributed by atoms with Gasteiger partial charge in [0.15, 0.2) is 0 Å². The summed E-state index contributed by atoms with van der Waals surface area (Å²) in [6, 6.07) is 17.3. The van der Waals surface area contributed by atoms with Gasteiger partial charge in [-0.3, -0.25) is 9.59 Å². The second kappa shape index (κ2) is 15.2. The number of hydrogen-bond donors (Lipinski definition) is 3. The lowest BCUT2D eigenvalue weighted by molar-refractivity contribution is -0.139. The third-order valence-corrected chi connectivity index (χ3v) is 10.3. The minimum atomic E-state index is -3.86. The molecule has 1 saturated carbocycles. The average Bonchev–Trinajstić information content (AvgIpc) is 3.23. The predicted octanol–water partition coefficient (Wildman–Crippen LogP) is 4.89. The summed E-state index contributed by atoms with van der Waals surface area (Å²) in [4.78, 5) is 42.3. The summed E-state index contributed by atoms with van der Waals surface area (Å²) in [5.74, 6) is -1.04. The van der Waals surface area contributed by atoms with Crippen molar-refractivity contribution in [3.8, 4) is 0 Å². The Morgan fingerprint density at radius 1 is 0.938 bits per heavy atom. The fourth-order valence-corrected chi connectivity index (χ4v) is 8.18. The van der Waals surface area contributed by atoms with Crippen LogP contribution in [0.3, 0.4) is 0 Å². The number of nitrogens with one attached hydrogen (secondary N) is 3. The van der Waals surface area contributed by atoms with E-state index in [1.165, 1.54) is 13.8 Å². The lowest BCUT2D eigenvalue weighted by Gasteiger charge is -2.38. The quantitative estimate of drug-likeness (QED) is 0.290. The van der Waals surface area contributed by atoms with Gasteiger partial charge in [-0.05, 0) is 71.1 Å². The molecule has 1 atom stereocenters. The van der Waals surface area contributed by atoms with Crippen LogP contribution in [0.25, 0.3) is 4.91 Å². The average molecular weight is 683 g/mol. The standard InChI is InChI=1S/C36H50N4O7S/c1-7-40(23-28-30(27-19-13-9-14-20-27)48(44,45)39-36(28)21-15-10-16-22-36)31(41)29(25-46-24-26-17-11-8-12-18-26)37-32(42)35(5,6)38-33(43)47-34(2,3)4/h8-9,11-14,17-20,29,39H,7,10,15-16,21-25H2,1-6H3,(H,37,42)(H,38,43)/t29-/m1/s1. The fraction of sp³-hybridized carbons (Fsp3) is 0.528. The van der Waals surface area contributed by atoms with E-state index in [-0.39, 0.29) is 31.2 Å². The van der Waals surface area contributed by atoms with Crippen LogP contribution in [0.4, 0.5) is 4.79 Å². The van der Waals surface area contributed by atoms with E-state index >= 15 is 0 Å². The zero-order valence-corrected chi connectivity index (χ0v) is 29.7. The highest BCUT2D eigenvalue weighted by atomic mass is 32.2. The first-order valence-corrected chi connectivity index (χ1v) is 18.1. The number of benzene rings is 2. The molecule has 0 bridgehead atoms. The molecule has 2 aliphatic rings. The molecule has 0 aromatic heterocycles. The van der Waals surface area contributed by atoms with Gasteiger partial charge in [0.2, 0.25) is 21.8 Å². The zero-order chi connectivity index (χ0) is 35.2. The SMILES string of the molecule is CCN(CC1=C(c2ccccc2)S(=O)(=O)NC12CCCCC2)C(=O)[C@@H](COCc1ccccc1)NC(=O)C(C)(C)NC(=O)OC(C)(C)C. The second-order valence-electron chi connectivity index (χ2n) is 14.1. The Balaban J connectivity index is 1.64. The number of rotatable bonds is 12. The largest absolute Gasteiger partial charge is 0.444 e. The van der Waals surface area contributed by atoms with Crippen LogP contribution in [0.5, 0.6) is 0 Å². The monoisotopic (exact) mass is 682 g/mol. The molecule has 1 aliphatic heterocycles. The fourth-order valence-electron chi connectivity index (χ4n) is 6.21. The molecule has 1 spiro atoms. The van der Waals surface area contributed by atoms with E-state index in [9.17, 15) is 22.8 Å². The van der Waals surface area contributed by atoms with Gasteiger partial charge in [-0.1, -0.05) is 79.9 Å². The number of carbonyl (C=O) groups excluding carboxylic acids is 3. The molecule has 0 saturated heterocycles. The van der Waals surface area contributed by atoms with Crippen LogP contribution in [0, 0.1) is 0 Å². The lowest BCUT2D eigenvalue weighted by atomic mass is 9.76. The van der Waals surface area contributed by atoms with Crippen LogP contribution < -0.4 is 15.4 Å². The Hall–Kier alpha value is -3.74. The number of sulfonamides is 1. The highest BCUT2D eigenvalue weighted by Crippen LogP contribution is 2.45. The van der Waals surface area contributed by atoms with Crippen LogP contribution in [-0.4, -0.2) is 73.6 Å². The summed E-state index contributed by atoms with van der Waals surface area (Å²) in [6.45, 7) is 10.4. The van der Waals surface area contributed by atoms with Gasteiger partial charge >= 0.3 is 6.09 Å². The maximum absolute atomic E-state index is 14.4. The zero-order valence-electron chi connectivity index (χ0n) is 28.9. The molecule has 0 radical (unpaired) electrons. The van der Waals surface area contributed by atoms with Gasteiger partial charge in [-0.2, -0.15) is 0 Å². The molecule has 12 heteroatoms. The Morgan fingerprint density at radius 3 is 2.12 bits per heavy atom. The van der Waals surface area contributed by atoms with Crippen molar-refractivity contribution in [2.45, 2.75) is 103 Å².